The summed E-state index contributed by atoms with van der Waals surface area (Å²) >= 11 is 12.3. The Morgan fingerprint density at radius 2 is 1.93 bits per heavy atom. The molecule has 3 rings (SSSR count). The second-order valence-electron chi connectivity index (χ2n) is 5.48. The Labute approximate surface area is 163 Å². The lowest BCUT2D eigenvalue weighted by Gasteiger charge is -2.07. The number of rotatable bonds is 6. The van der Waals surface area contributed by atoms with Crippen LogP contribution >= 0.6 is 23.2 Å². The van der Waals surface area contributed by atoms with E-state index in [2.05, 4.69) is 15.2 Å². The number of carbonyl (C=O) groups is 1. The van der Waals surface area contributed by atoms with Crippen molar-refractivity contribution in [2.24, 2.45) is 0 Å². The molecular weight excluding hydrogens is 399 g/mol. The fourth-order valence-corrected chi connectivity index (χ4v) is 2.75. The van der Waals surface area contributed by atoms with Crippen LogP contribution in [-0.4, -0.2) is 22.3 Å². The second kappa shape index (κ2) is 8.37. The van der Waals surface area contributed by atoms with E-state index < -0.39 is 12.5 Å². The van der Waals surface area contributed by atoms with Gasteiger partial charge in [0.15, 0.2) is 5.82 Å². The van der Waals surface area contributed by atoms with Gasteiger partial charge in [-0.15, -0.1) is 0 Å². The molecule has 3 aromatic rings. The molecule has 1 amide bonds. The maximum atomic E-state index is 12.3. The average Bonchev–Trinajstić information content (AvgIpc) is 2.96. The number of ether oxygens (including phenoxy) is 1. The molecule has 2 aromatic carbocycles. The third kappa shape index (κ3) is 4.96. The van der Waals surface area contributed by atoms with E-state index in [9.17, 15) is 13.6 Å². The highest BCUT2D eigenvalue weighted by Crippen LogP contribution is 2.23. The molecule has 27 heavy (non-hydrogen) atoms. The molecular formula is C18H13Cl2F2N3O2. The monoisotopic (exact) mass is 411 g/mol. The van der Waals surface area contributed by atoms with Crippen molar-refractivity contribution in [2.45, 2.75) is 13.2 Å². The standard InChI is InChI=1S/C18H13Cl2F2N3O2/c19-14-7-2-1-4-12(14)9-25-10-15(20)16(24-25)23-17(26)11-5-3-6-13(8-11)27-18(21)22/h1-8,10,18H,9H2,(H,23,24,26). The third-order valence-corrected chi connectivity index (χ3v) is 4.21. The minimum atomic E-state index is -2.97. The summed E-state index contributed by atoms with van der Waals surface area (Å²) in [4.78, 5) is 12.3. The largest absolute Gasteiger partial charge is 0.435 e. The van der Waals surface area contributed by atoms with Gasteiger partial charge in [0.1, 0.15) is 10.8 Å². The first-order valence-corrected chi connectivity index (χ1v) is 8.50. The van der Waals surface area contributed by atoms with Gasteiger partial charge in [0.25, 0.3) is 5.91 Å². The maximum absolute atomic E-state index is 12.3. The van der Waals surface area contributed by atoms with Crippen LogP contribution in [-0.2, 0) is 6.54 Å². The molecule has 1 aromatic heterocycles. The van der Waals surface area contributed by atoms with Gasteiger partial charge < -0.3 is 10.1 Å². The summed E-state index contributed by atoms with van der Waals surface area (Å²) in [7, 11) is 0. The Bertz CT molecular complexity index is 963. The van der Waals surface area contributed by atoms with Crippen LogP contribution in [0.15, 0.2) is 54.7 Å². The Hall–Kier alpha value is -2.64. The minimum Gasteiger partial charge on any atom is -0.435 e. The number of hydrogen-bond donors (Lipinski definition) is 1. The smallest absolute Gasteiger partial charge is 0.387 e. The first kappa shape index (κ1) is 19.1. The van der Waals surface area contributed by atoms with Crippen molar-refractivity contribution in [2.75, 3.05) is 5.32 Å². The van der Waals surface area contributed by atoms with Crippen LogP contribution in [0.1, 0.15) is 15.9 Å². The van der Waals surface area contributed by atoms with E-state index >= 15 is 0 Å². The zero-order chi connectivity index (χ0) is 19.4. The van der Waals surface area contributed by atoms with E-state index in [-0.39, 0.29) is 22.2 Å². The molecule has 0 aliphatic heterocycles. The predicted molar refractivity (Wildman–Crippen MR) is 98.8 cm³/mol. The minimum absolute atomic E-state index is 0.118. The highest BCUT2D eigenvalue weighted by atomic mass is 35.5. The molecule has 0 saturated carbocycles. The summed E-state index contributed by atoms with van der Waals surface area (Å²) in [6, 6.07) is 12.7. The number of nitrogens with one attached hydrogen (secondary N) is 1. The summed E-state index contributed by atoms with van der Waals surface area (Å²) in [6.07, 6.45) is 1.55. The van der Waals surface area contributed by atoms with Crippen molar-refractivity contribution < 1.29 is 18.3 Å². The van der Waals surface area contributed by atoms with Crippen molar-refractivity contribution in [1.29, 1.82) is 0 Å². The number of benzene rings is 2. The molecule has 0 radical (unpaired) electrons. The predicted octanol–water partition coefficient (Wildman–Crippen LogP) is 5.09. The molecule has 1 heterocycles. The van der Waals surface area contributed by atoms with E-state index in [4.69, 9.17) is 23.2 Å². The van der Waals surface area contributed by atoms with Gasteiger partial charge in [0.05, 0.1) is 6.54 Å². The van der Waals surface area contributed by atoms with Gasteiger partial charge in [0, 0.05) is 16.8 Å². The van der Waals surface area contributed by atoms with Gasteiger partial charge in [-0.25, -0.2) is 0 Å². The zero-order valence-electron chi connectivity index (χ0n) is 13.7. The van der Waals surface area contributed by atoms with E-state index in [1.165, 1.54) is 28.9 Å². The Morgan fingerprint density at radius 3 is 2.67 bits per heavy atom. The number of carbonyl (C=O) groups excluding carboxylic acids is 1. The Kier molecular flexibility index (Phi) is 5.93. The van der Waals surface area contributed by atoms with Crippen LogP contribution in [0.5, 0.6) is 5.75 Å². The molecule has 0 aliphatic carbocycles. The summed E-state index contributed by atoms with van der Waals surface area (Å²) in [6.45, 7) is -2.61. The molecule has 0 aliphatic rings. The van der Waals surface area contributed by atoms with Crippen LogP contribution in [0.3, 0.4) is 0 Å². The molecule has 0 fully saturated rings. The number of aromatic nitrogens is 2. The molecule has 0 unspecified atom stereocenters. The number of hydrogen-bond acceptors (Lipinski definition) is 3. The van der Waals surface area contributed by atoms with E-state index in [1.807, 2.05) is 18.2 Å². The van der Waals surface area contributed by atoms with Gasteiger partial charge in [-0.2, -0.15) is 13.9 Å². The van der Waals surface area contributed by atoms with Crippen molar-refractivity contribution in [3.8, 4) is 5.75 Å². The first-order valence-electron chi connectivity index (χ1n) is 7.75. The second-order valence-corrected chi connectivity index (χ2v) is 6.29. The topological polar surface area (TPSA) is 56.2 Å². The molecule has 140 valence electrons. The summed E-state index contributed by atoms with van der Waals surface area (Å²) in [5.41, 5.74) is 0.970. The Morgan fingerprint density at radius 1 is 1.15 bits per heavy atom. The van der Waals surface area contributed by atoms with Crippen molar-refractivity contribution >= 4 is 34.9 Å². The lowest BCUT2D eigenvalue weighted by atomic mass is 10.2. The van der Waals surface area contributed by atoms with Crippen molar-refractivity contribution in [3.05, 3.63) is 75.9 Å². The molecule has 0 bridgehead atoms. The van der Waals surface area contributed by atoms with Gasteiger partial charge in [-0.1, -0.05) is 47.5 Å². The number of alkyl halides is 2. The first-order chi connectivity index (χ1) is 12.9. The zero-order valence-corrected chi connectivity index (χ0v) is 15.2. The maximum Gasteiger partial charge on any atom is 0.387 e. The van der Waals surface area contributed by atoms with Crippen LogP contribution in [0.25, 0.3) is 0 Å². The van der Waals surface area contributed by atoms with Crippen LogP contribution in [0.2, 0.25) is 10.0 Å². The van der Waals surface area contributed by atoms with Crippen LogP contribution < -0.4 is 10.1 Å². The van der Waals surface area contributed by atoms with Crippen LogP contribution in [0, 0.1) is 0 Å². The molecule has 1 N–H and O–H groups in total. The fraction of sp³-hybridized carbons (Fsp3) is 0.111. The number of amides is 1. The summed E-state index contributed by atoms with van der Waals surface area (Å²) in [5.74, 6) is -0.526. The summed E-state index contributed by atoms with van der Waals surface area (Å²) in [5, 5.41) is 7.59. The van der Waals surface area contributed by atoms with Crippen molar-refractivity contribution in [1.82, 2.24) is 9.78 Å². The molecule has 5 nitrogen and oxygen atoms in total. The van der Waals surface area contributed by atoms with E-state index in [0.717, 1.165) is 5.56 Å². The number of anilines is 1. The SMILES string of the molecule is O=C(Nc1nn(Cc2ccccc2Cl)cc1Cl)c1cccc(OC(F)F)c1. The highest BCUT2D eigenvalue weighted by molar-refractivity contribution is 6.33. The van der Waals surface area contributed by atoms with Gasteiger partial charge in [-0.3, -0.25) is 9.48 Å². The van der Waals surface area contributed by atoms with Gasteiger partial charge >= 0.3 is 6.61 Å². The van der Waals surface area contributed by atoms with E-state index in [0.29, 0.717) is 11.6 Å². The number of halogens is 4. The van der Waals surface area contributed by atoms with Crippen LogP contribution in [0.4, 0.5) is 14.6 Å². The number of nitrogens with zero attached hydrogens (tertiary/aromatic N) is 2. The normalized spacial score (nSPS) is 10.9. The molecule has 0 saturated heterocycles. The fourth-order valence-electron chi connectivity index (χ4n) is 2.36. The lowest BCUT2D eigenvalue weighted by molar-refractivity contribution is -0.0498. The third-order valence-electron chi connectivity index (χ3n) is 3.56. The van der Waals surface area contributed by atoms with E-state index in [1.54, 1.807) is 12.3 Å². The summed E-state index contributed by atoms with van der Waals surface area (Å²) < 4.78 is 30.4. The quantitative estimate of drug-likeness (QED) is 0.614. The molecule has 0 spiro atoms. The van der Waals surface area contributed by atoms with Gasteiger partial charge in [0.2, 0.25) is 0 Å². The lowest BCUT2D eigenvalue weighted by Crippen LogP contribution is -2.13. The Balaban J connectivity index is 1.73. The molecule has 0 atom stereocenters. The van der Waals surface area contributed by atoms with Crippen molar-refractivity contribution in [3.63, 3.8) is 0 Å². The average molecular weight is 412 g/mol. The van der Waals surface area contributed by atoms with Gasteiger partial charge in [-0.05, 0) is 29.8 Å². The highest BCUT2D eigenvalue weighted by Gasteiger charge is 2.14. The molecule has 9 heteroatoms.